The Labute approximate surface area is 103 Å². The van der Waals surface area contributed by atoms with E-state index in [0.29, 0.717) is 17.0 Å². The molecule has 1 aliphatic rings. The summed E-state index contributed by atoms with van der Waals surface area (Å²) < 4.78 is 31.4. The van der Waals surface area contributed by atoms with Crippen LogP contribution in [-0.2, 0) is 10.2 Å². The highest BCUT2D eigenvalue weighted by Gasteiger charge is 2.51. The van der Waals surface area contributed by atoms with Crippen molar-refractivity contribution >= 4 is 5.97 Å². The number of halogens is 2. The second-order valence-corrected chi connectivity index (χ2v) is 4.94. The number of rotatable bonds is 2. The summed E-state index contributed by atoms with van der Waals surface area (Å²) >= 11 is 0. The van der Waals surface area contributed by atoms with Gasteiger partial charge in [-0.1, -0.05) is 5.16 Å². The van der Waals surface area contributed by atoms with Crippen LogP contribution in [0.25, 0.3) is 0 Å². The summed E-state index contributed by atoms with van der Waals surface area (Å²) in [6.07, 6.45) is -0.997. The average Bonchev–Trinajstić information content (AvgIpc) is 2.60. The highest BCUT2D eigenvalue weighted by Crippen LogP contribution is 2.47. The monoisotopic (exact) mass is 259 g/mol. The molecule has 1 saturated carbocycles. The van der Waals surface area contributed by atoms with Gasteiger partial charge in [-0.2, -0.15) is 0 Å². The first-order valence-electron chi connectivity index (χ1n) is 5.83. The molecule has 100 valence electrons. The van der Waals surface area contributed by atoms with Crippen molar-refractivity contribution in [1.29, 1.82) is 0 Å². The lowest BCUT2D eigenvalue weighted by molar-refractivity contribution is -0.149. The van der Waals surface area contributed by atoms with E-state index < -0.39 is 30.1 Å². The molecule has 0 spiro atoms. The van der Waals surface area contributed by atoms with Crippen molar-refractivity contribution in [3.8, 4) is 0 Å². The first-order chi connectivity index (χ1) is 8.28. The van der Waals surface area contributed by atoms with Crippen molar-refractivity contribution in [2.45, 2.75) is 50.9 Å². The predicted octanol–water partition coefficient (Wildman–Crippen LogP) is 2.82. The minimum Gasteiger partial charge on any atom is -0.481 e. The Morgan fingerprint density at radius 1 is 1.28 bits per heavy atom. The Morgan fingerprint density at radius 2 is 1.83 bits per heavy atom. The number of aromatic nitrogens is 1. The normalized spacial score (nSPS) is 21.8. The number of nitrogens with zero attached hydrogens (tertiary/aromatic N) is 1. The molecule has 1 aliphatic carbocycles. The number of carbonyl (C=O) groups is 1. The van der Waals surface area contributed by atoms with Crippen LogP contribution >= 0.6 is 0 Å². The van der Waals surface area contributed by atoms with Gasteiger partial charge in [-0.3, -0.25) is 4.79 Å². The number of hydrogen-bond acceptors (Lipinski definition) is 3. The molecule has 0 aliphatic heterocycles. The third kappa shape index (κ3) is 1.89. The Balaban J connectivity index is 2.45. The van der Waals surface area contributed by atoms with Gasteiger partial charge in [0.1, 0.15) is 5.76 Å². The molecule has 0 aromatic carbocycles. The number of aliphatic carboxylic acids is 1. The lowest BCUT2D eigenvalue weighted by Crippen LogP contribution is -2.43. The molecule has 2 rings (SSSR count). The Bertz CT molecular complexity index is 452. The van der Waals surface area contributed by atoms with Crippen LogP contribution in [0.4, 0.5) is 8.78 Å². The van der Waals surface area contributed by atoms with Crippen molar-refractivity contribution in [1.82, 2.24) is 5.16 Å². The summed E-state index contributed by atoms with van der Waals surface area (Å²) in [5.74, 6) is -3.44. The van der Waals surface area contributed by atoms with Crippen molar-refractivity contribution in [2.24, 2.45) is 0 Å². The van der Waals surface area contributed by atoms with E-state index >= 15 is 0 Å². The molecule has 18 heavy (non-hydrogen) atoms. The molecule has 4 nitrogen and oxygen atoms in total. The largest absolute Gasteiger partial charge is 0.481 e. The molecule has 1 N–H and O–H groups in total. The van der Waals surface area contributed by atoms with Crippen molar-refractivity contribution in [2.75, 3.05) is 0 Å². The van der Waals surface area contributed by atoms with Crippen molar-refractivity contribution < 1.29 is 23.2 Å². The van der Waals surface area contributed by atoms with E-state index in [1.54, 1.807) is 13.8 Å². The summed E-state index contributed by atoms with van der Waals surface area (Å²) in [5.41, 5.74) is -0.346. The van der Waals surface area contributed by atoms with Crippen LogP contribution in [0, 0.1) is 13.8 Å². The van der Waals surface area contributed by atoms with Gasteiger partial charge in [0, 0.05) is 18.4 Å². The number of carboxylic acids is 1. The first kappa shape index (κ1) is 13.0. The zero-order valence-electron chi connectivity index (χ0n) is 10.3. The Morgan fingerprint density at radius 3 is 2.22 bits per heavy atom. The molecular weight excluding hydrogens is 244 g/mol. The molecule has 0 unspecified atom stereocenters. The average molecular weight is 259 g/mol. The number of carboxylic acid groups (broad SMARTS) is 1. The molecule has 0 radical (unpaired) electrons. The Hall–Kier alpha value is -1.46. The molecule has 1 aromatic heterocycles. The fraction of sp³-hybridized carbons (Fsp3) is 0.667. The fourth-order valence-electron chi connectivity index (χ4n) is 2.78. The smallest absolute Gasteiger partial charge is 0.314 e. The van der Waals surface area contributed by atoms with E-state index in [9.17, 15) is 18.7 Å². The van der Waals surface area contributed by atoms with Gasteiger partial charge in [-0.15, -0.1) is 0 Å². The van der Waals surface area contributed by atoms with Gasteiger partial charge in [0.25, 0.3) is 0 Å². The van der Waals surface area contributed by atoms with Crippen molar-refractivity contribution in [3.63, 3.8) is 0 Å². The lowest BCUT2D eigenvalue weighted by Gasteiger charge is -2.36. The second kappa shape index (κ2) is 4.03. The van der Waals surface area contributed by atoms with Crippen LogP contribution in [0.5, 0.6) is 0 Å². The van der Waals surface area contributed by atoms with Gasteiger partial charge in [-0.25, -0.2) is 8.78 Å². The summed E-state index contributed by atoms with van der Waals surface area (Å²) in [7, 11) is 0. The molecule has 0 atom stereocenters. The molecule has 0 bridgehead atoms. The molecule has 6 heteroatoms. The number of aryl methyl sites for hydroxylation is 2. The molecule has 1 heterocycles. The van der Waals surface area contributed by atoms with Crippen LogP contribution in [0.3, 0.4) is 0 Å². The summed E-state index contributed by atoms with van der Waals surface area (Å²) in [4.78, 5) is 11.6. The van der Waals surface area contributed by atoms with Gasteiger partial charge in [-0.05, 0) is 26.7 Å². The van der Waals surface area contributed by atoms with Crippen molar-refractivity contribution in [3.05, 3.63) is 17.0 Å². The topological polar surface area (TPSA) is 63.3 Å². The van der Waals surface area contributed by atoms with E-state index in [1.165, 1.54) is 0 Å². The van der Waals surface area contributed by atoms with Gasteiger partial charge in [0.15, 0.2) is 0 Å². The number of alkyl halides is 2. The zero-order valence-corrected chi connectivity index (χ0v) is 10.3. The van der Waals surface area contributed by atoms with E-state index in [2.05, 4.69) is 5.16 Å². The quantitative estimate of drug-likeness (QED) is 0.887. The first-order valence-corrected chi connectivity index (χ1v) is 5.83. The highest BCUT2D eigenvalue weighted by molar-refractivity contribution is 5.82. The van der Waals surface area contributed by atoms with Crippen LogP contribution < -0.4 is 0 Å². The van der Waals surface area contributed by atoms with E-state index in [1.807, 2.05) is 0 Å². The van der Waals surface area contributed by atoms with E-state index in [0.717, 1.165) is 0 Å². The lowest BCUT2D eigenvalue weighted by atomic mass is 9.68. The molecule has 0 amide bonds. The second-order valence-electron chi connectivity index (χ2n) is 4.94. The molecule has 0 saturated heterocycles. The summed E-state index contributed by atoms with van der Waals surface area (Å²) in [5, 5.41) is 13.2. The maximum atomic E-state index is 13.2. The number of hydrogen-bond donors (Lipinski definition) is 1. The van der Waals surface area contributed by atoms with E-state index in [4.69, 9.17) is 4.52 Å². The maximum Gasteiger partial charge on any atom is 0.314 e. The van der Waals surface area contributed by atoms with Crippen LogP contribution in [0.1, 0.15) is 42.7 Å². The molecular formula is C12H15F2NO3. The third-order valence-corrected chi connectivity index (χ3v) is 3.76. The maximum absolute atomic E-state index is 13.2. The summed E-state index contributed by atoms with van der Waals surface area (Å²) in [6.45, 7) is 3.26. The van der Waals surface area contributed by atoms with Gasteiger partial charge >= 0.3 is 5.97 Å². The zero-order chi connectivity index (χ0) is 13.6. The van der Waals surface area contributed by atoms with Gasteiger partial charge < -0.3 is 9.63 Å². The van der Waals surface area contributed by atoms with E-state index in [-0.39, 0.29) is 12.8 Å². The van der Waals surface area contributed by atoms with Gasteiger partial charge in [0.2, 0.25) is 5.92 Å². The minimum absolute atomic E-state index is 0.0851. The standard InChI is InChI=1S/C12H15F2NO3/c1-7-9(8(2)18-15-7)11(10(16)17)3-5-12(13,14)6-4-11/h3-6H2,1-2H3,(H,16,17). The predicted molar refractivity (Wildman–Crippen MR) is 58.7 cm³/mol. The summed E-state index contributed by atoms with van der Waals surface area (Å²) in [6, 6.07) is 0. The van der Waals surface area contributed by atoms with Crippen LogP contribution in [0.2, 0.25) is 0 Å². The Kier molecular flexibility index (Phi) is 2.91. The minimum atomic E-state index is -2.77. The third-order valence-electron chi connectivity index (χ3n) is 3.76. The fourth-order valence-corrected chi connectivity index (χ4v) is 2.78. The molecule has 1 fully saturated rings. The molecule has 1 aromatic rings. The highest BCUT2D eigenvalue weighted by atomic mass is 19.3. The SMILES string of the molecule is Cc1noc(C)c1C1(C(=O)O)CCC(F)(F)CC1. The van der Waals surface area contributed by atoms with Gasteiger partial charge in [0.05, 0.1) is 11.1 Å². The van der Waals surface area contributed by atoms with Crippen LogP contribution in [0.15, 0.2) is 4.52 Å². The van der Waals surface area contributed by atoms with Crippen LogP contribution in [-0.4, -0.2) is 22.2 Å².